The summed E-state index contributed by atoms with van der Waals surface area (Å²) in [5.74, 6) is -12.6. The summed E-state index contributed by atoms with van der Waals surface area (Å²) < 4.78 is 7.44. The van der Waals surface area contributed by atoms with E-state index in [0.29, 0.717) is 0 Å². The molecule has 32 heavy (non-hydrogen) atoms. The molecule has 8 N–H and O–H groups in total. The molecule has 0 aromatic rings. The van der Waals surface area contributed by atoms with Gasteiger partial charge in [0, 0.05) is 0 Å². The van der Waals surface area contributed by atoms with Crippen molar-refractivity contribution in [3.05, 3.63) is 0 Å². The predicted octanol–water partition coefficient (Wildman–Crippen LogP) is -9.13. The Labute approximate surface area is 266 Å². The maximum atomic E-state index is 11.4. The second-order valence-corrected chi connectivity index (χ2v) is 4.83. The van der Waals surface area contributed by atoms with E-state index in [-0.39, 0.29) is 118 Å². The molecule has 6 atom stereocenters. The zero-order chi connectivity index (χ0) is 22.3. The number of hydrogen-bond donors (Lipinski definition) is 8. The van der Waals surface area contributed by atoms with Crippen LogP contribution in [0, 0.1) is 0 Å². The third-order valence-corrected chi connectivity index (χ3v) is 2.77. The molecule has 16 nitrogen and oxygen atoms in total. The van der Waals surface area contributed by atoms with Crippen molar-refractivity contribution >= 4 is 154 Å². The van der Waals surface area contributed by atoms with E-state index >= 15 is 0 Å². The Morgan fingerprint density at radius 1 is 0.406 bits per heavy atom. The van der Waals surface area contributed by atoms with Gasteiger partial charge in [-0.2, -0.15) is 0 Å². The van der Waals surface area contributed by atoms with Gasteiger partial charge >= 0.3 is 154 Å². The summed E-state index contributed by atoms with van der Waals surface area (Å²) in [4.78, 5) is 65.8. The molecule has 0 spiro atoms. The SMILES string of the molecule is O=C(O)C(O)C(O)C(=O)OC(=O)C(O)C(O)C(=O)OC(=O)C(O)C(O)C(=O)O.[NaH].[NaH].[NaH].[NaH]. The van der Waals surface area contributed by atoms with Crippen LogP contribution in [-0.4, -0.2) is 232 Å². The Hall–Kier alpha value is 0.980. The molecule has 0 aromatic carbocycles. The molecule has 0 rings (SSSR count). The van der Waals surface area contributed by atoms with Crippen LogP contribution < -0.4 is 0 Å². The van der Waals surface area contributed by atoms with Gasteiger partial charge in [-0.05, 0) is 0 Å². The summed E-state index contributed by atoms with van der Waals surface area (Å²) in [5, 5.41) is 71.3. The quantitative estimate of drug-likeness (QED) is 0.0812. The van der Waals surface area contributed by atoms with Crippen LogP contribution in [0.2, 0.25) is 0 Å². The maximum absolute atomic E-state index is 11.4. The first-order valence-corrected chi connectivity index (χ1v) is 6.77. The molecule has 0 saturated carbocycles. The van der Waals surface area contributed by atoms with E-state index in [4.69, 9.17) is 30.6 Å². The van der Waals surface area contributed by atoms with Crippen molar-refractivity contribution in [2.45, 2.75) is 36.6 Å². The van der Waals surface area contributed by atoms with Crippen LogP contribution in [-0.2, 0) is 38.2 Å². The topological polar surface area (TPSA) is 283 Å². The van der Waals surface area contributed by atoms with E-state index in [0.717, 1.165) is 0 Å². The van der Waals surface area contributed by atoms with Gasteiger partial charge in [-0.3, -0.25) is 0 Å². The van der Waals surface area contributed by atoms with E-state index < -0.39 is 72.4 Å². The number of carboxylic acids is 2. The summed E-state index contributed by atoms with van der Waals surface area (Å²) in [5.41, 5.74) is 0. The molecular formula is C12H18Na4O16. The van der Waals surface area contributed by atoms with Gasteiger partial charge in [0.25, 0.3) is 0 Å². The predicted molar refractivity (Wildman–Crippen MR) is 102 cm³/mol. The summed E-state index contributed by atoms with van der Waals surface area (Å²) in [6.07, 6.45) is -16.9. The van der Waals surface area contributed by atoms with Crippen LogP contribution in [0.3, 0.4) is 0 Å². The van der Waals surface area contributed by atoms with Gasteiger partial charge in [0.15, 0.2) is 36.6 Å². The number of esters is 4. The summed E-state index contributed by atoms with van der Waals surface area (Å²) in [6, 6.07) is 0. The Morgan fingerprint density at radius 3 is 0.719 bits per heavy atom. The van der Waals surface area contributed by atoms with E-state index in [1.807, 2.05) is 0 Å². The first-order valence-electron chi connectivity index (χ1n) is 6.77. The molecule has 0 aliphatic heterocycles. The van der Waals surface area contributed by atoms with Crippen molar-refractivity contribution in [3.8, 4) is 0 Å². The van der Waals surface area contributed by atoms with Crippen molar-refractivity contribution < 1.29 is 79.1 Å². The second kappa shape index (κ2) is 20.2. The molecule has 6 unspecified atom stereocenters. The van der Waals surface area contributed by atoms with Gasteiger partial charge in [0.1, 0.15) is 0 Å². The van der Waals surface area contributed by atoms with Crippen molar-refractivity contribution in [2.24, 2.45) is 0 Å². The van der Waals surface area contributed by atoms with Gasteiger partial charge in [0.05, 0.1) is 0 Å². The molecule has 0 saturated heterocycles. The van der Waals surface area contributed by atoms with Crippen LogP contribution in [0.1, 0.15) is 0 Å². The number of aliphatic hydroxyl groups excluding tert-OH is 6. The molecule has 0 aliphatic rings. The third kappa shape index (κ3) is 13.8. The Balaban J connectivity index is -0.000000607. The number of carbonyl (C=O) groups is 6. The number of aliphatic hydroxyl groups is 6. The fourth-order valence-electron chi connectivity index (χ4n) is 1.23. The minimum absolute atomic E-state index is 0. The Bertz CT molecular complexity index is 615. The number of carboxylic acid groups (broad SMARTS) is 2. The third-order valence-electron chi connectivity index (χ3n) is 2.77. The average Bonchev–Trinajstić information content (AvgIpc) is 2.63. The van der Waals surface area contributed by atoms with Crippen LogP contribution in [0.5, 0.6) is 0 Å². The van der Waals surface area contributed by atoms with Gasteiger partial charge in [0.2, 0.25) is 0 Å². The zero-order valence-electron chi connectivity index (χ0n) is 13.3. The molecule has 0 aromatic heterocycles. The summed E-state index contributed by atoms with van der Waals surface area (Å²) in [6.45, 7) is 0. The number of aliphatic carboxylic acids is 2. The van der Waals surface area contributed by atoms with Crippen molar-refractivity contribution in [3.63, 3.8) is 0 Å². The van der Waals surface area contributed by atoms with Crippen molar-refractivity contribution in [1.82, 2.24) is 0 Å². The minimum atomic E-state index is -2.94. The summed E-state index contributed by atoms with van der Waals surface area (Å²) in [7, 11) is 0. The fourth-order valence-corrected chi connectivity index (χ4v) is 1.23. The molecule has 0 bridgehead atoms. The number of hydrogen-bond acceptors (Lipinski definition) is 14. The van der Waals surface area contributed by atoms with E-state index in [1.165, 1.54) is 0 Å². The van der Waals surface area contributed by atoms with Gasteiger partial charge in [-0.1, -0.05) is 0 Å². The van der Waals surface area contributed by atoms with Crippen LogP contribution >= 0.6 is 0 Å². The van der Waals surface area contributed by atoms with Crippen molar-refractivity contribution in [2.75, 3.05) is 0 Å². The Morgan fingerprint density at radius 2 is 0.562 bits per heavy atom. The first kappa shape index (κ1) is 43.1. The standard InChI is InChI=1S/C12H14O16.4Na.4H/c13-1(7(19)20)3(15)9(23)27-11(25)5(17)6(18)12(26)28-10(24)4(16)2(14)8(21)22;;;;;;;;/h1-6,13-18H,(H,19,20)(H,21,22);;;;;;;;. The monoisotopic (exact) mass is 510 g/mol. The number of carbonyl (C=O) groups excluding carboxylic acids is 4. The molecule has 0 amide bonds. The molecule has 20 heteroatoms. The molecule has 0 aliphatic carbocycles. The number of rotatable bonds is 9. The summed E-state index contributed by atoms with van der Waals surface area (Å²) >= 11 is 0. The van der Waals surface area contributed by atoms with Crippen LogP contribution in [0.25, 0.3) is 0 Å². The van der Waals surface area contributed by atoms with Gasteiger partial charge in [-0.15, -0.1) is 0 Å². The zero-order valence-corrected chi connectivity index (χ0v) is 13.3. The first-order chi connectivity index (χ1) is 12.7. The fraction of sp³-hybridized carbons (Fsp3) is 0.500. The normalized spacial score (nSPS) is 15.1. The molecule has 0 heterocycles. The van der Waals surface area contributed by atoms with E-state index in [1.54, 1.807) is 0 Å². The molecule has 166 valence electrons. The molecular weight excluding hydrogens is 492 g/mol. The van der Waals surface area contributed by atoms with Gasteiger partial charge < -0.3 is 50.3 Å². The van der Waals surface area contributed by atoms with Crippen molar-refractivity contribution in [1.29, 1.82) is 0 Å². The van der Waals surface area contributed by atoms with Crippen LogP contribution in [0.4, 0.5) is 0 Å². The van der Waals surface area contributed by atoms with Gasteiger partial charge in [-0.25, -0.2) is 28.8 Å². The Kier molecular flexibility index (Phi) is 27.2. The van der Waals surface area contributed by atoms with E-state index in [9.17, 15) is 39.0 Å². The van der Waals surface area contributed by atoms with Crippen LogP contribution in [0.15, 0.2) is 0 Å². The molecule has 0 radical (unpaired) electrons. The average molecular weight is 510 g/mol. The second-order valence-electron chi connectivity index (χ2n) is 4.83. The van der Waals surface area contributed by atoms with E-state index in [2.05, 4.69) is 9.47 Å². The molecule has 0 fully saturated rings. The number of ether oxygens (including phenoxy) is 2.